The van der Waals surface area contributed by atoms with E-state index in [0.717, 1.165) is 15.7 Å². The first-order chi connectivity index (χ1) is 9.95. The number of rotatable bonds is 5. The van der Waals surface area contributed by atoms with Crippen LogP contribution in [0.1, 0.15) is 11.1 Å². The fourth-order valence-electron chi connectivity index (χ4n) is 1.93. The third-order valence-corrected chi connectivity index (χ3v) is 3.41. The van der Waals surface area contributed by atoms with E-state index >= 15 is 0 Å². The topological polar surface area (TPSA) is 41.5 Å². The molecule has 3 nitrogen and oxygen atoms in total. The van der Waals surface area contributed by atoms with Gasteiger partial charge in [0.15, 0.2) is 0 Å². The van der Waals surface area contributed by atoms with Crippen LogP contribution in [0.3, 0.4) is 0 Å². The van der Waals surface area contributed by atoms with E-state index in [9.17, 15) is 13.9 Å². The van der Waals surface area contributed by atoms with Gasteiger partial charge in [0.25, 0.3) is 0 Å². The van der Waals surface area contributed by atoms with Crippen LogP contribution in [0.4, 0.5) is 14.5 Å². The second-order valence-corrected chi connectivity index (χ2v) is 5.40. The van der Waals surface area contributed by atoms with Crippen molar-refractivity contribution in [2.75, 3.05) is 5.32 Å². The summed E-state index contributed by atoms with van der Waals surface area (Å²) in [4.78, 5) is 0. The number of phenols is 1. The molecule has 2 N–H and O–H groups in total. The van der Waals surface area contributed by atoms with Gasteiger partial charge >= 0.3 is 6.61 Å². The molecule has 2 aromatic rings. The molecular weight excluding hydrogens is 344 g/mol. The van der Waals surface area contributed by atoms with Gasteiger partial charge in [-0.05, 0) is 48.9 Å². The molecule has 0 unspecified atom stereocenters. The number of alkyl halides is 2. The molecule has 0 amide bonds. The molecule has 0 saturated carbocycles. The normalized spacial score (nSPS) is 10.7. The fourth-order valence-corrected chi connectivity index (χ4v) is 2.34. The van der Waals surface area contributed by atoms with Crippen LogP contribution in [0.25, 0.3) is 0 Å². The molecule has 0 aliphatic carbocycles. The fraction of sp³-hybridized carbons (Fsp3) is 0.200. The average Bonchev–Trinajstić information content (AvgIpc) is 2.40. The standard InChI is InChI=1S/C15H14BrF2NO2/c1-9-6-12(20)3-4-13(9)19-8-10-7-11(16)2-5-14(10)21-15(17)18/h2-7,15,19-20H,8H2,1H3. The lowest BCUT2D eigenvalue weighted by atomic mass is 10.1. The van der Waals surface area contributed by atoms with Crippen molar-refractivity contribution in [1.82, 2.24) is 0 Å². The minimum atomic E-state index is -2.86. The molecule has 0 aliphatic rings. The van der Waals surface area contributed by atoms with E-state index in [2.05, 4.69) is 26.0 Å². The number of hydrogen-bond donors (Lipinski definition) is 2. The molecule has 0 heterocycles. The molecule has 0 radical (unpaired) electrons. The van der Waals surface area contributed by atoms with Crippen LogP contribution in [0.2, 0.25) is 0 Å². The predicted octanol–water partition coefficient (Wildman–Crippen LogP) is 4.68. The summed E-state index contributed by atoms with van der Waals surface area (Å²) in [5.74, 6) is 0.319. The molecule has 0 aliphatic heterocycles. The van der Waals surface area contributed by atoms with Gasteiger partial charge < -0.3 is 15.2 Å². The van der Waals surface area contributed by atoms with E-state index in [4.69, 9.17) is 0 Å². The van der Waals surface area contributed by atoms with Gasteiger partial charge in [-0.25, -0.2) is 0 Å². The summed E-state index contributed by atoms with van der Waals surface area (Å²) in [6.07, 6.45) is 0. The largest absolute Gasteiger partial charge is 0.508 e. The van der Waals surface area contributed by atoms with Gasteiger partial charge in [-0.2, -0.15) is 8.78 Å². The van der Waals surface area contributed by atoms with Crippen LogP contribution < -0.4 is 10.1 Å². The Morgan fingerprint density at radius 3 is 2.67 bits per heavy atom. The highest BCUT2D eigenvalue weighted by Crippen LogP contribution is 2.27. The molecule has 6 heteroatoms. The van der Waals surface area contributed by atoms with Crippen molar-refractivity contribution in [3.63, 3.8) is 0 Å². The smallest absolute Gasteiger partial charge is 0.387 e. The third kappa shape index (κ3) is 4.32. The summed E-state index contributed by atoms with van der Waals surface area (Å²) in [5, 5.41) is 12.5. The van der Waals surface area contributed by atoms with Crippen LogP contribution in [0.5, 0.6) is 11.5 Å². The number of aromatic hydroxyl groups is 1. The summed E-state index contributed by atoms with van der Waals surface area (Å²) < 4.78 is 30.1. The maximum atomic E-state index is 12.4. The molecule has 2 aromatic carbocycles. The molecule has 0 fully saturated rings. The Balaban J connectivity index is 2.16. The summed E-state index contributed by atoms with van der Waals surface area (Å²) in [6.45, 7) is -0.688. The van der Waals surface area contributed by atoms with Crippen molar-refractivity contribution in [3.8, 4) is 11.5 Å². The highest BCUT2D eigenvalue weighted by atomic mass is 79.9. The van der Waals surface area contributed by atoms with Crippen molar-refractivity contribution in [2.45, 2.75) is 20.1 Å². The molecule has 21 heavy (non-hydrogen) atoms. The van der Waals surface area contributed by atoms with Crippen LogP contribution in [-0.2, 0) is 6.54 Å². The minimum absolute atomic E-state index is 0.136. The summed E-state index contributed by atoms with van der Waals surface area (Å²) >= 11 is 3.31. The van der Waals surface area contributed by atoms with E-state index in [0.29, 0.717) is 12.1 Å². The maximum absolute atomic E-state index is 12.4. The van der Waals surface area contributed by atoms with E-state index < -0.39 is 6.61 Å². The quantitative estimate of drug-likeness (QED) is 0.763. The highest BCUT2D eigenvalue weighted by molar-refractivity contribution is 9.10. The Labute approximate surface area is 129 Å². The SMILES string of the molecule is Cc1cc(O)ccc1NCc1cc(Br)ccc1OC(F)F. The number of anilines is 1. The number of hydrogen-bond acceptors (Lipinski definition) is 3. The Morgan fingerprint density at radius 1 is 1.24 bits per heavy atom. The second-order valence-electron chi connectivity index (χ2n) is 4.48. The average molecular weight is 358 g/mol. The number of aryl methyl sites for hydroxylation is 1. The number of phenolic OH excluding ortho intramolecular Hbond substituents is 1. The monoisotopic (exact) mass is 357 g/mol. The zero-order valence-electron chi connectivity index (χ0n) is 11.2. The van der Waals surface area contributed by atoms with Crippen LogP contribution in [-0.4, -0.2) is 11.7 Å². The third-order valence-electron chi connectivity index (χ3n) is 2.92. The van der Waals surface area contributed by atoms with E-state index in [1.165, 1.54) is 6.07 Å². The van der Waals surface area contributed by atoms with Crippen molar-refractivity contribution in [2.24, 2.45) is 0 Å². The molecule has 0 saturated heterocycles. The first-order valence-electron chi connectivity index (χ1n) is 6.22. The molecule has 0 atom stereocenters. The van der Waals surface area contributed by atoms with Gasteiger partial charge in [0, 0.05) is 22.3 Å². The van der Waals surface area contributed by atoms with Crippen molar-refractivity contribution < 1.29 is 18.6 Å². The Kier molecular flexibility index (Phi) is 5.01. The van der Waals surface area contributed by atoms with E-state index in [-0.39, 0.29) is 11.5 Å². The van der Waals surface area contributed by atoms with Crippen molar-refractivity contribution in [3.05, 3.63) is 52.0 Å². The second kappa shape index (κ2) is 6.76. The molecule has 2 rings (SSSR count). The Morgan fingerprint density at radius 2 is 2.00 bits per heavy atom. The number of benzene rings is 2. The molecule has 0 aromatic heterocycles. The van der Waals surface area contributed by atoms with Gasteiger partial charge in [0.05, 0.1) is 0 Å². The zero-order valence-corrected chi connectivity index (χ0v) is 12.8. The summed E-state index contributed by atoms with van der Waals surface area (Å²) in [5.41, 5.74) is 2.29. The summed E-state index contributed by atoms with van der Waals surface area (Å²) in [7, 11) is 0. The first kappa shape index (κ1) is 15.6. The molecule has 0 spiro atoms. The summed E-state index contributed by atoms with van der Waals surface area (Å²) in [6, 6.07) is 9.79. The van der Waals surface area contributed by atoms with Crippen LogP contribution >= 0.6 is 15.9 Å². The van der Waals surface area contributed by atoms with Gasteiger partial charge in [0.2, 0.25) is 0 Å². The lowest BCUT2D eigenvalue weighted by Crippen LogP contribution is -2.07. The Bertz CT molecular complexity index is 635. The van der Waals surface area contributed by atoms with Crippen LogP contribution in [0, 0.1) is 6.92 Å². The van der Waals surface area contributed by atoms with Gasteiger partial charge in [0.1, 0.15) is 11.5 Å². The van der Waals surface area contributed by atoms with Gasteiger partial charge in [-0.3, -0.25) is 0 Å². The van der Waals surface area contributed by atoms with E-state index in [1.807, 2.05) is 6.92 Å². The first-order valence-corrected chi connectivity index (χ1v) is 7.02. The number of halogens is 3. The lowest BCUT2D eigenvalue weighted by Gasteiger charge is -2.14. The maximum Gasteiger partial charge on any atom is 0.387 e. The van der Waals surface area contributed by atoms with E-state index in [1.54, 1.807) is 30.3 Å². The van der Waals surface area contributed by atoms with Crippen LogP contribution in [0.15, 0.2) is 40.9 Å². The number of ether oxygens (including phenoxy) is 1. The molecular formula is C15H14BrF2NO2. The minimum Gasteiger partial charge on any atom is -0.508 e. The predicted molar refractivity (Wildman–Crippen MR) is 80.9 cm³/mol. The number of nitrogens with one attached hydrogen (secondary N) is 1. The molecule has 112 valence electrons. The highest BCUT2D eigenvalue weighted by Gasteiger charge is 2.10. The van der Waals surface area contributed by atoms with Crippen molar-refractivity contribution in [1.29, 1.82) is 0 Å². The zero-order chi connectivity index (χ0) is 15.4. The lowest BCUT2D eigenvalue weighted by molar-refractivity contribution is -0.0504. The van der Waals surface area contributed by atoms with Gasteiger partial charge in [-0.1, -0.05) is 15.9 Å². The van der Waals surface area contributed by atoms with Gasteiger partial charge in [-0.15, -0.1) is 0 Å². The van der Waals surface area contributed by atoms with Crippen molar-refractivity contribution >= 4 is 21.6 Å². The Hall–Kier alpha value is -1.82. The molecule has 0 bridgehead atoms.